The fraction of sp³-hybridized carbons (Fsp3) is 0.467. The largest absolute Gasteiger partial charge is 0.395 e. The van der Waals surface area contributed by atoms with Crippen LogP contribution < -0.4 is 5.32 Å². The van der Waals surface area contributed by atoms with E-state index in [9.17, 15) is 4.79 Å². The minimum atomic E-state index is -0.109. The van der Waals surface area contributed by atoms with E-state index in [2.05, 4.69) is 22.1 Å². The number of hydrogen-bond acceptors (Lipinski definition) is 5. The second kappa shape index (κ2) is 8.98. The predicted octanol–water partition coefficient (Wildman–Crippen LogP) is 1.39. The van der Waals surface area contributed by atoms with Gasteiger partial charge in [-0.2, -0.15) is 23.5 Å². The van der Waals surface area contributed by atoms with Gasteiger partial charge in [0.15, 0.2) is 0 Å². The molecule has 4 nitrogen and oxygen atoms in total. The molecule has 2 rings (SSSR count). The molecule has 1 aliphatic heterocycles. The van der Waals surface area contributed by atoms with Crippen LogP contribution in [0.4, 0.5) is 0 Å². The molecule has 0 bridgehead atoms. The quantitative estimate of drug-likeness (QED) is 0.821. The summed E-state index contributed by atoms with van der Waals surface area (Å²) < 4.78 is 0. The Morgan fingerprint density at radius 3 is 3.19 bits per heavy atom. The summed E-state index contributed by atoms with van der Waals surface area (Å²) in [6.07, 6.45) is 3.58. The first-order valence-corrected chi connectivity index (χ1v) is 9.03. The van der Waals surface area contributed by atoms with E-state index >= 15 is 0 Å². The summed E-state index contributed by atoms with van der Waals surface area (Å²) in [7, 11) is 0. The predicted molar refractivity (Wildman–Crippen MR) is 88.7 cm³/mol. The van der Waals surface area contributed by atoms with Crippen LogP contribution in [0.25, 0.3) is 0 Å². The van der Waals surface area contributed by atoms with Crippen LogP contribution in [0, 0.1) is 11.8 Å². The van der Waals surface area contributed by atoms with Crippen LogP contribution in [-0.2, 0) is 0 Å². The van der Waals surface area contributed by atoms with Crippen LogP contribution in [0.5, 0.6) is 0 Å². The molecule has 1 aliphatic rings. The number of aliphatic hydroxyl groups excluding tert-OH is 1. The van der Waals surface area contributed by atoms with Crippen LogP contribution in [0.1, 0.15) is 22.3 Å². The number of nitrogens with zero attached hydrogens (tertiary/aromatic N) is 1. The average molecular weight is 322 g/mol. The molecule has 112 valence electrons. The monoisotopic (exact) mass is 322 g/mol. The van der Waals surface area contributed by atoms with E-state index < -0.39 is 0 Å². The van der Waals surface area contributed by atoms with Gasteiger partial charge in [0, 0.05) is 47.9 Å². The third kappa shape index (κ3) is 5.27. The molecule has 21 heavy (non-hydrogen) atoms. The number of rotatable bonds is 4. The van der Waals surface area contributed by atoms with E-state index in [0.717, 1.165) is 11.5 Å². The zero-order valence-corrected chi connectivity index (χ0v) is 13.3. The molecule has 2 N–H and O–H groups in total. The summed E-state index contributed by atoms with van der Waals surface area (Å²) in [4.78, 5) is 16.3. The van der Waals surface area contributed by atoms with Crippen LogP contribution in [0.2, 0.25) is 0 Å². The second-order valence-corrected chi connectivity index (χ2v) is 7.03. The van der Waals surface area contributed by atoms with Gasteiger partial charge in [-0.15, -0.1) is 0 Å². The maximum absolute atomic E-state index is 12.3. The topological polar surface area (TPSA) is 62.2 Å². The molecule has 0 aromatic carbocycles. The standard InChI is InChI=1S/C15H18N2O2S2/c18-6-2-1-3-12-9-16-5-4-14(12)15(19)17-10-13-11-20-7-8-21-13/h4-5,9,13,18H,2,6-8,10-11H2,(H,17,19). The maximum Gasteiger partial charge on any atom is 0.252 e. The number of hydrogen-bond donors (Lipinski definition) is 2. The first-order valence-electron chi connectivity index (χ1n) is 6.82. The van der Waals surface area contributed by atoms with Crippen LogP contribution in [-0.4, -0.2) is 51.7 Å². The summed E-state index contributed by atoms with van der Waals surface area (Å²) in [6.45, 7) is 0.702. The SMILES string of the molecule is O=C(NCC1CSCCS1)c1ccncc1C#CCCO. The highest BCUT2D eigenvalue weighted by molar-refractivity contribution is 8.06. The van der Waals surface area contributed by atoms with Gasteiger partial charge in [0.05, 0.1) is 17.7 Å². The summed E-state index contributed by atoms with van der Waals surface area (Å²) in [5.74, 6) is 9.04. The van der Waals surface area contributed by atoms with Gasteiger partial charge in [0.2, 0.25) is 0 Å². The van der Waals surface area contributed by atoms with E-state index in [1.807, 2.05) is 23.5 Å². The molecular formula is C15H18N2O2S2. The van der Waals surface area contributed by atoms with E-state index in [0.29, 0.717) is 29.3 Å². The first-order chi connectivity index (χ1) is 10.3. The van der Waals surface area contributed by atoms with Gasteiger partial charge < -0.3 is 10.4 Å². The molecule has 6 heteroatoms. The summed E-state index contributed by atoms with van der Waals surface area (Å²) in [6, 6.07) is 1.68. The lowest BCUT2D eigenvalue weighted by Crippen LogP contribution is -2.33. The Kier molecular flexibility index (Phi) is 6.93. The van der Waals surface area contributed by atoms with Gasteiger partial charge in [-0.25, -0.2) is 0 Å². The zero-order chi connectivity index (χ0) is 14.9. The van der Waals surface area contributed by atoms with Crippen molar-refractivity contribution in [1.82, 2.24) is 10.3 Å². The van der Waals surface area contributed by atoms with Crippen molar-refractivity contribution in [3.63, 3.8) is 0 Å². The van der Waals surface area contributed by atoms with Gasteiger partial charge in [-0.05, 0) is 6.07 Å². The lowest BCUT2D eigenvalue weighted by molar-refractivity contribution is 0.0954. The van der Waals surface area contributed by atoms with Crippen molar-refractivity contribution in [2.45, 2.75) is 11.7 Å². The first kappa shape index (κ1) is 16.2. The smallest absolute Gasteiger partial charge is 0.252 e. The van der Waals surface area contributed by atoms with Crippen LogP contribution >= 0.6 is 23.5 Å². The highest BCUT2D eigenvalue weighted by Gasteiger charge is 2.16. The number of amides is 1. The molecule has 0 spiro atoms. The molecule has 0 saturated carbocycles. The Balaban J connectivity index is 1.96. The normalized spacial score (nSPS) is 17.7. The van der Waals surface area contributed by atoms with Crippen molar-refractivity contribution in [2.24, 2.45) is 0 Å². The Bertz CT molecular complexity index is 534. The Labute approximate surface area is 133 Å². The minimum absolute atomic E-state index is 0.0192. The van der Waals surface area contributed by atoms with Crippen molar-refractivity contribution in [3.05, 3.63) is 29.6 Å². The van der Waals surface area contributed by atoms with E-state index in [1.165, 1.54) is 5.75 Å². The van der Waals surface area contributed by atoms with Crippen molar-refractivity contribution < 1.29 is 9.90 Å². The number of aliphatic hydroxyl groups is 1. The number of carbonyl (C=O) groups excluding carboxylic acids is 1. The average Bonchev–Trinajstić information content (AvgIpc) is 2.54. The van der Waals surface area contributed by atoms with Gasteiger partial charge in [-0.3, -0.25) is 9.78 Å². The fourth-order valence-electron chi connectivity index (χ4n) is 1.86. The van der Waals surface area contributed by atoms with E-state index in [1.54, 1.807) is 18.5 Å². The summed E-state index contributed by atoms with van der Waals surface area (Å²) in [5.41, 5.74) is 1.15. The Hall–Kier alpha value is -1.16. The number of nitrogens with one attached hydrogen (secondary N) is 1. The van der Waals surface area contributed by atoms with Crippen molar-refractivity contribution in [3.8, 4) is 11.8 Å². The highest BCUT2D eigenvalue weighted by Crippen LogP contribution is 2.23. The van der Waals surface area contributed by atoms with Gasteiger partial charge in [0.25, 0.3) is 5.91 Å². The fourth-order valence-corrected chi connectivity index (χ4v) is 4.47. The van der Waals surface area contributed by atoms with Gasteiger partial charge in [-0.1, -0.05) is 11.8 Å². The second-order valence-electron chi connectivity index (χ2n) is 4.47. The molecule has 1 aromatic heterocycles. The van der Waals surface area contributed by atoms with E-state index in [-0.39, 0.29) is 12.5 Å². The Morgan fingerprint density at radius 2 is 2.43 bits per heavy atom. The highest BCUT2D eigenvalue weighted by atomic mass is 32.2. The van der Waals surface area contributed by atoms with E-state index in [4.69, 9.17) is 5.11 Å². The van der Waals surface area contributed by atoms with Crippen LogP contribution in [0.15, 0.2) is 18.5 Å². The third-order valence-corrected chi connectivity index (χ3v) is 5.75. The lowest BCUT2D eigenvalue weighted by atomic mass is 10.1. The number of thioether (sulfide) groups is 2. The molecule has 1 aromatic rings. The molecule has 1 unspecified atom stereocenters. The number of carbonyl (C=O) groups is 1. The van der Waals surface area contributed by atoms with Gasteiger partial charge in [0.1, 0.15) is 0 Å². The van der Waals surface area contributed by atoms with Crippen molar-refractivity contribution >= 4 is 29.4 Å². The zero-order valence-electron chi connectivity index (χ0n) is 11.7. The molecule has 1 atom stereocenters. The molecule has 1 amide bonds. The maximum atomic E-state index is 12.3. The van der Waals surface area contributed by atoms with Crippen LogP contribution in [0.3, 0.4) is 0 Å². The molecule has 2 heterocycles. The summed E-state index contributed by atoms with van der Waals surface area (Å²) in [5, 5.41) is 12.2. The number of pyridine rings is 1. The van der Waals surface area contributed by atoms with Crippen molar-refractivity contribution in [1.29, 1.82) is 0 Å². The molecule has 0 aliphatic carbocycles. The minimum Gasteiger partial charge on any atom is -0.395 e. The lowest BCUT2D eigenvalue weighted by Gasteiger charge is -2.21. The molecule has 0 radical (unpaired) electrons. The number of aromatic nitrogens is 1. The van der Waals surface area contributed by atoms with Crippen molar-refractivity contribution in [2.75, 3.05) is 30.4 Å². The molecule has 1 saturated heterocycles. The Morgan fingerprint density at radius 1 is 1.52 bits per heavy atom. The van der Waals surface area contributed by atoms with Gasteiger partial charge >= 0.3 is 0 Å². The summed E-state index contributed by atoms with van der Waals surface area (Å²) >= 11 is 3.86. The molecular weight excluding hydrogens is 304 g/mol. The molecule has 1 fully saturated rings. The third-order valence-electron chi connectivity index (χ3n) is 2.90.